The number of para-hydroxylation sites is 2. The number of carbonyl (C=O) groups is 1. The molecule has 0 unspecified atom stereocenters. The molecule has 0 spiro atoms. The average Bonchev–Trinajstić information content (AvgIpc) is 2.71. The molecule has 1 saturated heterocycles. The fourth-order valence-electron chi connectivity index (χ4n) is 3.08. The Morgan fingerprint density at radius 3 is 2.13 bits per heavy atom. The number of nitrogens with two attached hydrogens (primary N) is 1. The van der Waals surface area contributed by atoms with Crippen LogP contribution in [0.3, 0.4) is 0 Å². The van der Waals surface area contributed by atoms with Crippen LogP contribution in [-0.2, 0) is 0 Å². The number of amides is 1. The highest BCUT2D eigenvalue weighted by Gasteiger charge is 2.31. The Morgan fingerprint density at radius 1 is 1.03 bits per heavy atom. The molecule has 0 aliphatic carbocycles. The minimum atomic E-state index is -0.186. The van der Waals surface area contributed by atoms with Crippen LogP contribution in [0, 0.1) is 5.41 Å². The molecule has 5 nitrogen and oxygen atoms in total. The number of rotatable bonds is 5. The predicted octanol–water partition coefficient (Wildman–Crippen LogP) is 5.68. The number of ether oxygens (including phenoxy) is 1. The number of hydrogen-bond donors (Lipinski definition) is 2. The van der Waals surface area contributed by atoms with E-state index in [0.29, 0.717) is 22.4 Å². The van der Waals surface area contributed by atoms with Crippen molar-refractivity contribution in [2.24, 2.45) is 5.41 Å². The predicted molar refractivity (Wildman–Crippen MR) is 128 cm³/mol. The summed E-state index contributed by atoms with van der Waals surface area (Å²) in [4.78, 5) is 14.7. The molecule has 166 valence electrons. The minimum Gasteiger partial charge on any atom is -0.488 e. The molecule has 0 aromatic heterocycles. The van der Waals surface area contributed by atoms with Crippen molar-refractivity contribution in [1.29, 1.82) is 0 Å². The summed E-state index contributed by atoms with van der Waals surface area (Å²) in [6.07, 6.45) is 0.223. The first kappa shape index (κ1) is 25.5. The van der Waals surface area contributed by atoms with E-state index in [-0.39, 0.29) is 12.0 Å². The van der Waals surface area contributed by atoms with Crippen LogP contribution >= 0.6 is 0 Å². The van der Waals surface area contributed by atoms with E-state index in [4.69, 9.17) is 10.5 Å². The molecule has 5 heteroatoms. The Morgan fingerprint density at radius 2 is 1.60 bits per heavy atom. The highest BCUT2D eigenvalue weighted by Crippen LogP contribution is 2.23. The SMILES string of the molecule is CC.CC.CC(C)(C)CN1CC(Oc2ccc(C(=O)Nc3ccccc3N)cc2)C1. The Hall–Kier alpha value is -2.53. The third-order valence-corrected chi connectivity index (χ3v) is 4.25. The van der Waals surface area contributed by atoms with E-state index in [1.165, 1.54) is 0 Å². The third kappa shape index (κ3) is 8.07. The van der Waals surface area contributed by atoms with Crippen molar-refractivity contribution in [3.63, 3.8) is 0 Å². The quantitative estimate of drug-likeness (QED) is 0.619. The van der Waals surface area contributed by atoms with Crippen molar-refractivity contribution in [3.05, 3.63) is 54.1 Å². The lowest BCUT2D eigenvalue weighted by Gasteiger charge is -2.42. The normalized spacial score (nSPS) is 13.7. The average molecular weight is 414 g/mol. The maximum Gasteiger partial charge on any atom is 0.255 e. The molecule has 0 saturated carbocycles. The minimum absolute atomic E-state index is 0.186. The fourth-order valence-corrected chi connectivity index (χ4v) is 3.08. The van der Waals surface area contributed by atoms with E-state index in [9.17, 15) is 4.79 Å². The molecule has 2 aromatic carbocycles. The summed E-state index contributed by atoms with van der Waals surface area (Å²) in [5.41, 5.74) is 7.90. The van der Waals surface area contributed by atoms with Crippen molar-refractivity contribution in [3.8, 4) is 5.75 Å². The lowest BCUT2D eigenvalue weighted by Crippen LogP contribution is -2.55. The van der Waals surface area contributed by atoms with E-state index in [1.54, 1.807) is 24.3 Å². The van der Waals surface area contributed by atoms with Gasteiger partial charge in [0.25, 0.3) is 5.91 Å². The van der Waals surface area contributed by atoms with Gasteiger partial charge in [-0.3, -0.25) is 9.69 Å². The molecular weight excluding hydrogens is 374 g/mol. The van der Waals surface area contributed by atoms with E-state index in [1.807, 2.05) is 52.0 Å². The number of nitrogen functional groups attached to an aromatic ring is 1. The van der Waals surface area contributed by atoms with Crippen LogP contribution in [0.1, 0.15) is 58.8 Å². The second-order valence-corrected chi connectivity index (χ2v) is 8.06. The van der Waals surface area contributed by atoms with Gasteiger partial charge < -0.3 is 15.8 Å². The summed E-state index contributed by atoms with van der Waals surface area (Å²) >= 11 is 0. The molecule has 0 bridgehead atoms. The van der Waals surface area contributed by atoms with Gasteiger partial charge in [0.05, 0.1) is 11.4 Å². The first-order chi connectivity index (χ1) is 14.3. The maximum absolute atomic E-state index is 12.3. The summed E-state index contributed by atoms with van der Waals surface area (Å²) < 4.78 is 5.97. The highest BCUT2D eigenvalue weighted by molar-refractivity contribution is 6.05. The number of carbonyl (C=O) groups excluding carboxylic acids is 1. The molecular formula is C25H39N3O2. The molecule has 1 fully saturated rings. The zero-order valence-electron chi connectivity index (χ0n) is 19.7. The molecule has 0 radical (unpaired) electrons. The Bertz CT molecular complexity index is 761. The van der Waals surface area contributed by atoms with Gasteiger partial charge in [0.1, 0.15) is 11.9 Å². The second-order valence-electron chi connectivity index (χ2n) is 8.06. The Balaban J connectivity index is 0.00000106. The van der Waals surface area contributed by atoms with Gasteiger partial charge >= 0.3 is 0 Å². The van der Waals surface area contributed by atoms with E-state index < -0.39 is 0 Å². The van der Waals surface area contributed by atoms with E-state index >= 15 is 0 Å². The molecule has 1 amide bonds. The van der Waals surface area contributed by atoms with Crippen molar-refractivity contribution in [2.45, 2.75) is 54.6 Å². The van der Waals surface area contributed by atoms with Crippen LogP contribution in [0.25, 0.3) is 0 Å². The van der Waals surface area contributed by atoms with Gasteiger partial charge in [-0.2, -0.15) is 0 Å². The van der Waals surface area contributed by atoms with Crippen molar-refractivity contribution < 1.29 is 9.53 Å². The molecule has 3 N–H and O–H groups in total. The van der Waals surface area contributed by atoms with Gasteiger partial charge in [-0.25, -0.2) is 0 Å². The molecule has 1 heterocycles. The fraction of sp³-hybridized carbons (Fsp3) is 0.480. The first-order valence-corrected chi connectivity index (χ1v) is 11.0. The van der Waals surface area contributed by atoms with E-state index in [2.05, 4.69) is 31.0 Å². The number of likely N-dealkylation sites (tertiary alicyclic amines) is 1. The molecule has 2 aromatic rings. The van der Waals surface area contributed by atoms with Gasteiger partial charge in [0.2, 0.25) is 0 Å². The monoisotopic (exact) mass is 413 g/mol. The lowest BCUT2D eigenvalue weighted by atomic mass is 9.94. The summed E-state index contributed by atoms with van der Waals surface area (Å²) in [5, 5.41) is 2.83. The standard InChI is InChI=1S/C21H27N3O2.2C2H6/c1-21(2,3)14-24-12-17(13-24)26-16-10-8-15(9-11-16)20(25)23-19-7-5-4-6-18(19)22;2*1-2/h4-11,17H,12-14,22H2,1-3H3,(H,23,25);2*1-2H3. The number of anilines is 2. The van der Waals surface area contributed by atoms with Gasteiger partial charge in [-0.05, 0) is 41.8 Å². The zero-order valence-corrected chi connectivity index (χ0v) is 19.7. The van der Waals surface area contributed by atoms with Gasteiger partial charge in [0, 0.05) is 25.2 Å². The summed E-state index contributed by atoms with van der Waals surface area (Å²) in [6.45, 7) is 17.7. The molecule has 30 heavy (non-hydrogen) atoms. The van der Waals surface area contributed by atoms with Crippen LogP contribution in [-0.4, -0.2) is 36.5 Å². The van der Waals surface area contributed by atoms with Crippen molar-refractivity contribution >= 4 is 17.3 Å². The van der Waals surface area contributed by atoms with Crippen molar-refractivity contribution in [2.75, 3.05) is 30.7 Å². The van der Waals surface area contributed by atoms with Crippen LogP contribution in [0.2, 0.25) is 0 Å². The Kier molecular flexibility index (Phi) is 10.4. The first-order valence-electron chi connectivity index (χ1n) is 11.0. The molecule has 3 rings (SSSR count). The largest absolute Gasteiger partial charge is 0.488 e. The number of nitrogens with one attached hydrogen (secondary N) is 1. The topological polar surface area (TPSA) is 67.6 Å². The summed E-state index contributed by atoms with van der Waals surface area (Å²) in [6, 6.07) is 14.4. The highest BCUT2D eigenvalue weighted by atomic mass is 16.5. The van der Waals surface area contributed by atoms with E-state index in [0.717, 1.165) is 25.4 Å². The summed E-state index contributed by atoms with van der Waals surface area (Å²) in [5.74, 6) is 0.607. The summed E-state index contributed by atoms with van der Waals surface area (Å²) in [7, 11) is 0. The Labute approximate surface area is 182 Å². The second kappa shape index (κ2) is 12.2. The number of benzene rings is 2. The van der Waals surface area contributed by atoms with Crippen LogP contribution in [0.15, 0.2) is 48.5 Å². The van der Waals surface area contributed by atoms with Crippen LogP contribution in [0.5, 0.6) is 5.75 Å². The molecule has 1 aliphatic heterocycles. The smallest absolute Gasteiger partial charge is 0.255 e. The molecule has 1 aliphatic rings. The van der Waals surface area contributed by atoms with Gasteiger partial charge in [-0.1, -0.05) is 60.6 Å². The third-order valence-electron chi connectivity index (χ3n) is 4.25. The number of hydrogen-bond acceptors (Lipinski definition) is 4. The zero-order chi connectivity index (χ0) is 22.7. The van der Waals surface area contributed by atoms with Gasteiger partial charge in [0.15, 0.2) is 0 Å². The molecule has 0 atom stereocenters. The number of nitrogens with zero attached hydrogens (tertiary/aromatic N) is 1. The van der Waals surface area contributed by atoms with Crippen molar-refractivity contribution in [1.82, 2.24) is 4.90 Å². The maximum atomic E-state index is 12.3. The lowest BCUT2D eigenvalue weighted by molar-refractivity contribution is 0.00108. The van der Waals surface area contributed by atoms with Crippen LogP contribution < -0.4 is 15.8 Å². The van der Waals surface area contributed by atoms with Crippen LogP contribution in [0.4, 0.5) is 11.4 Å². The van der Waals surface area contributed by atoms with Gasteiger partial charge in [-0.15, -0.1) is 0 Å².